The summed E-state index contributed by atoms with van der Waals surface area (Å²) in [5.74, 6) is -0.183. The van der Waals surface area contributed by atoms with Gasteiger partial charge in [-0.05, 0) is 32.1 Å². The van der Waals surface area contributed by atoms with E-state index in [2.05, 4.69) is 31.3 Å². The first kappa shape index (κ1) is 60.0. The lowest BCUT2D eigenvalue weighted by Crippen LogP contribution is -2.45. The van der Waals surface area contributed by atoms with Crippen molar-refractivity contribution in [1.29, 1.82) is 0 Å². The van der Waals surface area contributed by atoms with Crippen LogP contribution in [-0.4, -0.2) is 73.4 Å². The van der Waals surface area contributed by atoms with Crippen molar-refractivity contribution in [1.82, 2.24) is 5.32 Å². The highest BCUT2D eigenvalue weighted by Crippen LogP contribution is 2.43. The van der Waals surface area contributed by atoms with Gasteiger partial charge < -0.3 is 19.8 Å². The number of hydrogen-bond donors (Lipinski definition) is 3. The number of nitrogens with zero attached hydrogens (tertiary/aromatic N) is 1. The molecule has 3 N–H and O–H groups in total. The van der Waals surface area contributed by atoms with Crippen LogP contribution in [0.4, 0.5) is 0 Å². The molecule has 0 aliphatic heterocycles. The average Bonchev–Trinajstić information content (AvgIpc) is 3.21. The van der Waals surface area contributed by atoms with Gasteiger partial charge in [0, 0.05) is 6.42 Å². The largest absolute Gasteiger partial charge is 0.472 e. The first-order valence-electron chi connectivity index (χ1n) is 26.2. The zero-order valence-corrected chi connectivity index (χ0v) is 42.1. The minimum atomic E-state index is -4.35. The molecule has 0 aromatic heterocycles. The highest BCUT2D eigenvalue weighted by molar-refractivity contribution is 7.47. The van der Waals surface area contributed by atoms with Crippen LogP contribution in [0.2, 0.25) is 0 Å². The molecular weight excluding hydrogens is 780 g/mol. The van der Waals surface area contributed by atoms with Crippen molar-refractivity contribution in [2.75, 3.05) is 40.9 Å². The summed E-state index contributed by atoms with van der Waals surface area (Å²) in [5.41, 5.74) is 0. The maximum atomic E-state index is 12.9. The van der Waals surface area contributed by atoms with Gasteiger partial charge >= 0.3 is 7.82 Å². The van der Waals surface area contributed by atoms with Crippen LogP contribution >= 0.6 is 7.82 Å². The van der Waals surface area contributed by atoms with Crippen molar-refractivity contribution in [2.24, 2.45) is 0 Å². The predicted molar refractivity (Wildman–Crippen MR) is 263 cm³/mol. The number of rotatable bonds is 48. The lowest BCUT2D eigenvalue weighted by atomic mass is 10.0. The van der Waals surface area contributed by atoms with E-state index in [1.165, 1.54) is 193 Å². The third kappa shape index (κ3) is 46.8. The number of unbranched alkanes of at least 4 members (excludes halogenated alkanes) is 33. The third-order valence-electron chi connectivity index (χ3n) is 11.9. The van der Waals surface area contributed by atoms with Crippen molar-refractivity contribution < 1.29 is 32.9 Å². The molecule has 0 fully saturated rings. The fraction of sp³-hybridized carbons (Fsp3) is 0.904. The standard InChI is InChI=1S/C52H103N2O6P/c1-6-8-10-12-14-16-18-20-22-24-25-26-27-28-29-30-31-33-35-37-39-41-43-45-51(55)50(49-60-61(57,58)59-48-47-54(3,4)5)53-52(56)46-44-42-40-38-36-34-32-23-21-19-17-15-13-11-9-7-2/h35,37,43,45,50-51,55H,6-34,36,38-42,44,46-49H2,1-5H3,(H-,53,56,57,58)/p+1/b37-35+,45-43+. The summed E-state index contributed by atoms with van der Waals surface area (Å²) in [6, 6.07) is -0.859. The van der Waals surface area contributed by atoms with Crippen molar-refractivity contribution in [2.45, 2.75) is 264 Å². The van der Waals surface area contributed by atoms with Gasteiger partial charge in [0.05, 0.1) is 39.9 Å². The molecule has 8 nitrogen and oxygen atoms in total. The number of phosphoric ester groups is 1. The Labute approximate surface area is 379 Å². The summed E-state index contributed by atoms with van der Waals surface area (Å²) < 4.78 is 23.6. The average molecular weight is 884 g/mol. The van der Waals surface area contributed by atoms with E-state index in [4.69, 9.17) is 9.05 Å². The summed E-state index contributed by atoms with van der Waals surface area (Å²) in [7, 11) is 1.57. The Kier molecular flexibility index (Phi) is 43.5. The van der Waals surface area contributed by atoms with Crippen molar-refractivity contribution in [3.8, 4) is 0 Å². The van der Waals surface area contributed by atoms with Crippen LogP contribution < -0.4 is 5.32 Å². The summed E-state index contributed by atoms with van der Waals surface area (Å²) in [6.07, 6.45) is 54.1. The van der Waals surface area contributed by atoms with Crippen molar-refractivity contribution >= 4 is 13.7 Å². The van der Waals surface area contributed by atoms with Gasteiger partial charge in [0.25, 0.3) is 0 Å². The minimum absolute atomic E-state index is 0.0586. The molecule has 0 radical (unpaired) electrons. The maximum Gasteiger partial charge on any atom is 0.472 e. The molecule has 0 aromatic carbocycles. The molecule has 0 aliphatic rings. The normalized spacial score (nSPS) is 14.3. The molecule has 0 bridgehead atoms. The molecule has 1 amide bonds. The first-order valence-corrected chi connectivity index (χ1v) is 27.7. The zero-order valence-electron chi connectivity index (χ0n) is 41.2. The van der Waals surface area contributed by atoms with E-state index in [0.29, 0.717) is 17.4 Å². The Morgan fingerprint density at radius 1 is 0.541 bits per heavy atom. The van der Waals surface area contributed by atoms with Gasteiger partial charge in [-0.1, -0.05) is 237 Å². The molecule has 0 saturated heterocycles. The van der Waals surface area contributed by atoms with E-state index in [9.17, 15) is 19.4 Å². The molecule has 0 aromatic rings. The number of carbonyl (C=O) groups is 1. The van der Waals surface area contributed by atoms with E-state index in [1.54, 1.807) is 6.08 Å². The Hall–Kier alpha value is -1.02. The van der Waals surface area contributed by atoms with Crippen LogP contribution in [0, 0.1) is 0 Å². The number of aliphatic hydroxyl groups excluding tert-OH is 1. The molecule has 362 valence electrons. The number of nitrogens with one attached hydrogen (secondary N) is 1. The SMILES string of the molecule is CCCCCCCCCCCCCCCCCCC/C=C/CC/C=C/C(O)C(COP(=O)(O)OCC[N+](C)(C)C)NC(=O)CCCCCCCCCCCCCCCCCC. The number of carbonyl (C=O) groups excluding carboxylic acids is 1. The van der Waals surface area contributed by atoms with Crippen molar-refractivity contribution in [3.05, 3.63) is 24.3 Å². The molecule has 0 rings (SSSR count). The minimum Gasteiger partial charge on any atom is -0.387 e. The maximum absolute atomic E-state index is 12.9. The zero-order chi connectivity index (χ0) is 45.0. The quantitative estimate of drug-likeness (QED) is 0.0243. The molecule has 3 atom stereocenters. The fourth-order valence-electron chi connectivity index (χ4n) is 7.77. The molecule has 0 spiro atoms. The number of quaternary nitrogens is 1. The molecule has 3 unspecified atom stereocenters. The van der Waals surface area contributed by atoms with Gasteiger partial charge in [0.1, 0.15) is 13.2 Å². The van der Waals surface area contributed by atoms with Gasteiger partial charge in [-0.2, -0.15) is 0 Å². The van der Waals surface area contributed by atoms with Crippen LogP contribution in [0.1, 0.15) is 251 Å². The number of phosphoric acid groups is 1. The molecule has 0 aliphatic carbocycles. The van der Waals surface area contributed by atoms with Crippen LogP contribution in [-0.2, 0) is 18.4 Å². The number of amides is 1. The highest BCUT2D eigenvalue weighted by atomic mass is 31.2. The Bertz CT molecular complexity index is 1050. The molecule has 9 heteroatoms. The van der Waals surface area contributed by atoms with E-state index >= 15 is 0 Å². The van der Waals surface area contributed by atoms with Crippen LogP contribution in [0.25, 0.3) is 0 Å². The predicted octanol–water partition coefficient (Wildman–Crippen LogP) is 15.3. The van der Waals surface area contributed by atoms with Crippen LogP contribution in [0.3, 0.4) is 0 Å². The second kappa shape index (κ2) is 44.2. The molecule has 61 heavy (non-hydrogen) atoms. The van der Waals surface area contributed by atoms with E-state index in [1.807, 2.05) is 27.2 Å². The van der Waals surface area contributed by atoms with Gasteiger partial charge in [0.2, 0.25) is 5.91 Å². The topological polar surface area (TPSA) is 105 Å². The molecule has 0 heterocycles. The molecular formula is C52H104N2O6P+. The summed E-state index contributed by atoms with van der Waals surface area (Å²) in [5, 5.41) is 13.9. The second-order valence-corrected chi connectivity index (χ2v) is 20.7. The van der Waals surface area contributed by atoms with Gasteiger partial charge in [-0.25, -0.2) is 4.57 Å². The summed E-state index contributed by atoms with van der Waals surface area (Å²) in [4.78, 5) is 23.2. The number of aliphatic hydroxyl groups is 1. The Morgan fingerprint density at radius 2 is 0.902 bits per heavy atom. The smallest absolute Gasteiger partial charge is 0.387 e. The number of allylic oxidation sites excluding steroid dienone is 3. The summed E-state index contributed by atoms with van der Waals surface area (Å²) >= 11 is 0. The van der Waals surface area contributed by atoms with Crippen LogP contribution in [0.15, 0.2) is 24.3 Å². The highest BCUT2D eigenvalue weighted by Gasteiger charge is 2.27. The lowest BCUT2D eigenvalue weighted by Gasteiger charge is -2.25. The Balaban J connectivity index is 4.31. The monoisotopic (exact) mass is 884 g/mol. The van der Waals surface area contributed by atoms with Crippen LogP contribution in [0.5, 0.6) is 0 Å². The third-order valence-corrected chi connectivity index (χ3v) is 12.9. The van der Waals surface area contributed by atoms with E-state index in [0.717, 1.165) is 38.5 Å². The van der Waals surface area contributed by atoms with E-state index < -0.39 is 20.0 Å². The fourth-order valence-corrected chi connectivity index (χ4v) is 8.50. The van der Waals surface area contributed by atoms with Gasteiger partial charge in [-0.3, -0.25) is 13.8 Å². The summed E-state index contributed by atoms with van der Waals surface area (Å²) in [6.45, 7) is 4.83. The lowest BCUT2D eigenvalue weighted by molar-refractivity contribution is -0.870. The Morgan fingerprint density at radius 3 is 1.31 bits per heavy atom. The van der Waals surface area contributed by atoms with Gasteiger partial charge in [0.15, 0.2) is 0 Å². The second-order valence-electron chi connectivity index (χ2n) is 19.3. The number of hydrogen-bond acceptors (Lipinski definition) is 5. The molecule has 0 saturated carbocycles. The first-order chi connectivity index (χ1) is 29.5. The number of likely N-dealkylation sites (N-methyl/N-ethyl adjacent to an activating group) is 1. The van der Waals surface area contributed by atoms with Crippen molar-refractivity contribution in [3.63, 3.8) is 0 Å². The van der Waals surface area contributed by atoms with Gasteiger partial charge in [-0.15, -0.1) is 0 Å². The van der Waals surface area contributed by atoms with E-state index in [-0.39, 0.29) is 19.1 Å².